The summed E-state index contributed by atoms with van der Waals surface area (Å²) in [5, 5.41) is 14.1. The van der Waals surface area contributed by atoms with Crippen molar-refractivity contribution in [3.63, 3.8) is 0 Å². The van der Waals surface area contributed by atoms with Gasteiger partial charge in [-0.1, -0.05) is 17.7 Å². The zero-order valence-corrected chi connectivity index (χ0v) is 15.5. The van der Waals surface area contributed by atoms with Crippen molar-refractivity contribution in [3.05, 3.63) is 53.4 Å². The number of pyridine rings is 1. The van der Waals surface area contributed by atoms with Crippen LogP contribution in [-0.4, -0.2) is 22.2 Å². The smallest absolute Gasteiger partial charge is 0.170 e. The number of fused-ring (bicyclic) bond motifs is 1. The molecule has 1 aliphatic rings. The summed E-state index contributed by atoms with van der Waals surface area (Å²) in [4.78, 5) is 4.43. The molecule has 4 nitrogen and oxygen atoms in total. The van der Waals surface area contributed by atoms with Gasteiger partial charge in [-0.15, -0.1) is 0 Å². The van der Waals surface area contributed by atoms with E-state index in [4.69, 9.17) is 17.3 Å². The lowest BCUT2D eigenvalue weighted by atomic mass is 9.91. The van der Waals surface area contributed by atoms with Crippen LogP contribution in [-0.2, 0) is 0 Å². The summed E-state index contributed by atoms with van der Waals surface area (Å²) in [7, 11) is 0. The van der Waals surface area contributed by atoms with Gasteiger partial charge in [0, 0.05) is 29.4 Å². The number of nitrogens with two attached hydrogens (primary N) is 1. The molecular weight excluding hydrogens is 365 g/mol. The Morgan fingerprint density at radius 3 is 2.59 bits per heavy atom. The monoisotopic (exact) mass is 385 g/mol. The maximum Gasteiger partial charge on any atom is 0.170 e. The second kappa shape index (κ2) is 7.33. The largest absolute Gasteiger partial charge is 0.504 e. The van der Waals surface area contributed by atoms with E-state index in [0.717, 1.165) is 47.8 Å². The second-order valence-corrected chi connectivity index (χ2v) is 7.54. The third-order valence-electron chi connectivity index (χ3n) is 5.22. The third kappa shape index (κ3) is 3.70. The molecule has 1 heterocycles. The van der Waals surface area contributed by atoms with Gasteiger partial charge >= 0.3 is 0 Å². The van der Waals surface area contributed by atoms with Crippen LogP contribution in [0.2, 0.25) is 5.02 Å². The van der Waals surface area contributed by atoms with Crippen molar-refractivity contribution in [1.29, 1.82) is 0 Å². The topological polar surface area (TPSA) is 71.2 Å². The van der Waals surface area contributed by atoms with E-state index in [1.165, 1.54) is 6.07 Å². The predicted octanol–water partition coefficient (Wildman–Crippen LogP) is 5.08. The number of phenols is 1. The highest BCUT2D eigenvalue weighted by Crippen LogP contribution is 2.35. The molecule has 27 heavy (non-hydrogen) atoms. The van der Waals surface area contributed by atoms with E-state index in [2.05, 4.69) is 10.3 Å². The van der Waals surface area contributed by atoms with E-state index in [0.29, 0.717) is 17.6 Å². The van der Waals surface area contributed by atoms with E-state index in [9.17, 15) is 9.50 Å². The number of aromatic hydroxyl groups is 1. The highest BCUT2D eigenvalue weighted by molar-refractivity contribution is 6.32. The molecule has 0 spiro atoms. The SMILES string of the molecule is NC1CCC(Nc2ccnc3ccc(-c4cc(F)c(O)c(Cl)c4)cc23)CC1. The minimum absolute atomic E-state index is 0.00632. The van der Waals surface area contributed by atoms with Gasteiger partial charge in [-0.2, -0.15) is 0 Å². The van der Waals surface area contributed by atoms with Crippen molar-refractivity contribution in [2.75, 3.05) is 5.32 Å². The van der Waals surface area contributed by atoms with E-state index in [1.54, 1.807) is 12.3 Å². The Morgan fingerprint density at radius 1 is 1.07 bits per heavy atom. The Labute approximate surface area is 162 Å². The van der Waals surface area contributed by atoms with Gasteiger partial charge in [0.05, 0.1) is 10.5 Å². The van der Waals surface area contributed by atoms with Gasteiger partial charge in [0.25, 0.3) is 0 Å². The molecule has 0 saturated heterocycles. The minimum Gasteiger partial charge on any atom is -0.504 e. The predicted molar refractivity (Wildman–Crippen MR) is 108 cm³/mol. The molecule has 0 atom stereocenters. The Hall–Kier alpha value is -2.37. The number of benzene rings is 2. The number of phenolic OH excluding ortho intramolecular Hbond substituents is 1. The number of halogens is 2. The van der Waals surface area contributed by atoms with Crippen molar-refractivity contribution >= 4 is 28.2 Å². The summed E-state index contributed by atoms with van der Waals surface area (Å²) in [5.41, 5.74) is 9.29. The molecule has 0 aliphatic heterocycles. The number of nitrogens with one attached hydrogen (secondary N) is 1. The molecule has 4 N–H and O–H groups in total. The molecule has 0 bridgehead atoms. The van der Waals surface area contributed by atoms with Gasteiger partial charge in [-0.05, 0) is 67.1 Å². The van der Waals surface area contributed by atoms with E-state index in [-0.39, 0.29) is 5.02 Å². The molecule has 4 rings (SSSR count). The molecule has 6 heteroatoms. The maximum absolute atomic E-state index is 13.9. The highest BCUT2D eigenvalue weighted by Gasteiger charge is 2.19. The Kier molecular flexibility index (Phi) is 4.89. The van der Waals surface area contributed by atoms with Crippen LogP contribution in [0.3, 0.4) is 0 Å². The summed E-state index contributed by atoms with van der Waals surface area (Å²) in [6.07, 6.45) is 5.93. The van der Waals surface area contributed by atoms with Crippen LogP contribution in [0.5, 0.6) is 5.75 Å². The summed E-state index contributed by atoms with van der Waals surface area (Å²) >= 11 is 5.93. The zero-order valence-electron chi connectivity index (χ0n) is 14.8. The second-order valence-electron chi connectivity index (χ2n) is 7.13. The minimum atomic E-state index is -0.735. The fourth-order valence-corrected chi connectivity index (χ4v) is 3.88. The first-order valence-corrected chi connectivity index (χ1v) is 9.48. The van der Waals surface area contributed by atoms with Crippen LogP contribution >= 0.6 is 11.6 Å². The molecule has 2 aromatic carbocycles. The van der Waals surface area contributed by atoms with Crippen LogP contribution in [0.4, 0.5) is 10.1 Å². The van der Waals surface area contributed by atoms with Gasteiger partial charge in [0.1, 0.15) is 0 Å². The van der Waals surface area contributed by atoms with Gasteiger partial charge in [0.15, 0.2) is 11.6 Å². The molecule has 0 unspecified atom stereocenters. The lowest BCUT2D eigenvalue weighted by molar-refractivity contribution is 0.411. The summed E-state index contributed by atoms with van der Waals surface area (Å²) in [5.74, 6) is -1.26. The maximum atomic E-state index is 13.9. The molecule has 1 aliphatic carbocycles. The van der Waals surface area contributed by atoms with Crippen LogP contribution in [0.15, 0.2) is 42.6 Å². The normalized spacial score (nSPS) is 20.0. The van der Waals surface area contributed by atoms with Gasteiger partial charge in [-0.3, -0.25) is 4.98 Å². The van der Waals surface area contributed by atoms with E-state index < -0.39 is 11.6 Å². The Bertz CT molecular complexity index is 963. The van der Waals surface area contributed by atoms with Gasteiger partial charge in [-0.25, -0.2) is 4.39 Å². The summed E-state index contributed by atoms with van der Waals surface area (Å²) in [6.45, 7) is 0. The summed E-state index contributed by atoms with van der Waals surface area (Å²) < 4.78 is 13.9. The lowest BCUT2D eigenvalue weighted by Crippen LogP contribution is -2.32. The Morgan fingerprint density at radius 2 is 1.85 bits per heavy atom. The standard InChI is InChI=1S/C21H21ClFN3O/c22-17-10-13(11-18(23)21(17)27)12-1-6-19-16(9-12)20(7-8-25-19)26-15-4-2-14(24)3-5-15/h1,6-11,14-15,27H,2-5,24H2,(H,25,26). The number of aromatic nitrogens is 1. The molecule has 0 radical (unpaired) electrons. The highest BCUT2D eigenvalue weighted by atomic mass is 35.5. The Balaban J connectivity index is 1.71. The quantitative estimate of drug-likeness (QED) is 0.587. The van der Waals surface area contributed by atoms with Gasteiger partial charge < -0.3 is 16.2 Å². The average molecular weight is 386 g/mol. The number of hydrogen-bond acceptors (Lipinski definition) is 4. The van der Waals surface area contributed by atoms with Crippen LogP contribution in [0.25, 0.3) is 22.0 Å². The fraction of sp³-hybridized carbons (Fsp3) is 0.286. The number of hydrogen-bond donors (Lipinski definition) is 3. The number of anilines is 1. The lowest BCUT2D eigenvalue weighted by Gasteiger charge is -2.28. The zero-order chi connectivity index (χ0) is 19.0. The molecule has 1 aromatic heterocycles. The van der Waals surface area contributed by atoms with E-state index in [1.807, 2.05) is 24.3 Å². The van der Waals surface area contributed by atoms with Crippen molar-refractivity contribution in [1.82, 2.24) is 4.98 Å². The van der Waals surface area contributed by atoms with Crippen LogP contribution in [0.1, 0.15) is 25.7 Å². The fourth-order valence-electron chi connectivity index (χ4n) is 3.67. The van der Waals surface area contributed by atoms with Crippen LogP contribution in [0, 0.1) is 5.82 Å². The first-order chi connectivity index (χ1) is 13.0. The first-order valence-electron chi connectivity index (χ1n) is 9.10. The van der Waals surface area contributed by atoms with Crippen molar-refractivity contribution in [2.45, 2.75) is 37.8 Å². The molecule has 1 fully saturated rings. The molecular formula is C21H21ClFN3O. The molecule has 140 valence electrons. The van der Waals surface area contributed by atoms with Gasteiger partial charge in [0.2, 0.25) is 0 Å². The van der Waals surface area contributed by atoms with Crippen molar-refractivity contribution < 1.29 is 9.50 Å². The van der Waals surface area contributed by atoms with E-state index >= 15 is 0 Å². The number of rotatable bonds is 3. The number of nitrogens with zero attached hydrogens (tertiary/aromatic N) is 1. The van der Waals surface area contributed by atoms with Crippen molar-refractivity contribution in [3.8, 4) is 16.9 Å². The molecule has 1 saturated carbocycles. The molecule has 0 amide bonds. The van der Waals surface area contributed by atoms with Crippen molar-refractivity contribution in [2.24, 2.45) is 5.73 Å². The third-order valence-corrected chi connectivity index (χ3v) is 5.51. The average Bonchev–Trinajstić information content (AvgIpc) is 2.67. The molecule has 3 aromatic rings. The summed E-state index contributed by atoms with van der Waals surface area (Å²) in [6, 6.07) is 11.3. The van der Waals surface area contributed by atoms with Crippen LogP contribution < -0.4 is 11.1 Å². The first kappa shape index (κ1) is 18.0.